The fourth-order valence-electron chi connectivity index (χ4n) is 1.66. The normalized spacial score (nSPS) is 13.6. The average Bonchev–Trinajstić information content (AvgIpc) is 2.25. The van der Waals surface area contributed by atoms with Crippen molar-refractivity contribution in [3.05, 3.63) is 34.9 Å². The number of benzene rings is 1. The molecule has 4 nitrogen and oxygen atoms in total. The van der Waals surface area contributed by atoms with Crippen LogP contribution in [0.5, 0.6) is 0 Å². The van der Waals surface area contributed by atoms with Crippen molar-refractivity contribution in [1.29, 1.82) is 0 Å². The minimum atomic E-state index is -0.422. The van der Waals surface area contributed by atoms with Crippen LogP contribution in [0.25, 0.3) is 0 Å². The van der Waals surface area contributed by atoms with Gasteiger partial charge in [-0.05, 0) is 11.6 Å². The quantitative estimate of drug-likeness (QED) is 0.467. The molecule has 0 bridgehead atoms. The van der Waals surface area contributed by atoms with Gasteiger partial charge in [0.2, 0.25) is 5.91 Å². The summed E-state index contributed by atoms with van der Waals surface area (Å²) in [7, 11) is 0. The van der Waals surface area contributed by atoms with Gasteiger partial charge >= 0.3 is 0 Å². The minimum Gasteiger partial charge on any atom is -0.384 e. The number of rotatable bonds is 0. The number of fused-ring (bicyclic) bond motifs is 1. The maximum atomic E-state index is 11.6. The number of hydrogen-bond acceptors (Lipinski definition) is 3. The molecule has 0 aliphatic carbocycles. The second-order valence-electron chi connectivity index (χ2n) is 3.35. The molecule has 2 rings (SSSR count). The lowest BCUT2D eigenvalue weighted by atomic mass is 9.95. The van der Waals surface area contributed by atoms with Crippen LogP contribution in [0.2, 0.25) is 0 Å². The lowest BCUT2D eigenvalue weighted by Gasteiger charge is -2.16. The van der Waals surface area contributed by atoms with Crippen LogP contribution in [0.1, 0.15) is 21.5 Å². The first-order chi connectivity index (χ1) is 7.72. The van der Waals surface area contributed by atoms with E-state index in [0.717, 1.165) is 0 Å². The van der Waals surface area contributed by atoms with Crippen molar-refractivity contribution in [2.45, 2.75) is 6.42 Å². The number of carbonyl (C=O) groups is 2. The van der Waals surface area contributed by atoms with Crippen LogP contribution < -0.4 is 5.32 Å². The van der Waals surface area contributed by atoms with E-state index in [4.69, 9.17) is 5.11 Å². The van der Waals surface area contributed by atoms with E-state index in [1.54, 1.807) is 18.2 Å². The smallest absolute Gasteiger partial charge is 0.259 e. The van der Waals surface area contributed by atoms with E-state index in [9.17, 15) is 9.59 Å². The summed E-state index contributed by atoms with van der Waals surface area (Å²) >= 11 is 0. The molecule has 16 heavy (non-hydrogen) atoms. The molecule has 0 unspecified atom stereocenters. The second kappa shape index (κ2) is 4.17. The molecular formula is C12H9NO3. The lowest BCUT2D eigenvalue weighted by Crippen LogP contribution is -2.37. The Balaban J connectivity index is 2.54. The van der Waals surface area contributed by atoms with Gasteiger partial charge in [0.1, 0.15) is 6.61 Å². The molecule has 1 aromatic carbocycles. The Bertz CT molecular complexity index is 523. The number of aliphatic hydroxyl groups is 1. The Labute approximate surface area is 92.3 Å². The van der Waals surface area contributed by atoms with Gasteiger partial charge in [-0.25, -0.2) is 0 Å². The zero-order chi connectivity index (χ0) is 11.5. The van der Waals surface area contributed by atoms with Crippen molar-refractivity contribution in [2.24, 2.45) is 0 Å². The van der Waals surface area contributed by atoms with E-state index in [0.29, 0.717) is 16.7 Å². The predicted octanol–water partition coefficient (Wildman–Crippen LogP) is -0.157. The van der Waals surface area contributed by atoms with Crippen molar-refractivity contribution in [3.63, 3.8) is 0 Å². The highest BCUT2D eigenvalue weighted by Gasteiger charge is 2.24. The van der Waals surface area contributed by atoms with Gasteiger partial charge in [0.15, 0.2) is 0 Å². The number of carbonyl (C=O) groups excluding carboxylic acids is 2. The van der Waals surface area contributed by atoms with Crippen LogP contribution in [-0.2, 0) is 11.2 Å². The molecule has 1 aromatic rings. The molecule has 1 heterocycles. The van der Waals surface area contributed by atoms with Gasteiger partial charge in [-0.3, -0.25) is 14.9 Å². The van der Waals surface area contributed by atoms with Crippen molar-refractivity contribution < 1.29 is 14.7 Å². The zero-order valence-corrected chi connectivity index (χ0v) is 8.41. The Morgan fingerprint density at radius 1 is 1.38 bits per heavy atom. The predicted molar refractivity (Wildman–Crippen MR) is 56.6 cm³/mol. The highest BCUT2D eigenvalue weighted by atomic mass is 16.2. The van der Waals surface area contributed by atoms with Crippen LogP contribution >= 0.6 is 0 Å². The van der Waals surface area contributed by atoms with Crippen LogP contribution in [0.15, 0.2) is 18.2 Å². The molecule has 0 fully saturated rings. The van der Waals surface area contributed by atoms with Gasteiger partial charge in [0, 0.05) is 5.56 Å². The molecule has 2 amide bonds. The van der Waals surface area contributed by atoms with Crippen LogP contribution in [0, 0.1) is 11.8 Å². The summed E-state index contributed by atoms with van der Waals surface area (Å²) in [6.45, 7) is -0.260. The minimum absolute atomic E-state index is 0.190. The fourth-order valence-corrected chi connectivity index (χ4v) is 1.66. The number of hydrogen-bond donors (Lipinski definition) is 2. The monoisotopic (exact) mass is 215 g/mol. The Morgan fingerprint density at radius 2 is 2.19 bits per heavy atom. The maximum Gasteiger partial charge on any atom is 0.259 e. The highest BCUT2D eigenvalue weighted by molar-refractivity contribution is 6.11. The first-order valence-corrected chi connectivity index (χ1v) is 4.78. The molecule has 2 N–H and O–H groups in total. The maximum absolute atomic E-state index is 11.6. The van der Waals surface area contributed by atoms with Crippen LogP contribution in [-0.4, -0.2) is 23.5 Å². The number of amides is 2. The summed E-state index contributed by atoms with van der Waals surface area (Å²) in [5.41, 5.74) is 1.65. The molecule has 0 aromatic heterocycles. The summed E-state index contributed by atoms with van der Waals surface area (Å²) in [5, 5.41) is 10.9. The van der Waals surface area contributed by atoms with Gasteiger partial charge in [-0.1, -0.05) is 24.0 Å². The standard InChI is InChI=1S/C12H9NO3/c14-6-2-5-8-3-1-4-9-7-10(15)13-12(16)11(8)9/h1,3-4,14H,6-7H2,(H,13,15,16). The molecular weight excluding hydrogens is 206 g/mol. The molecule has 0 radical (unpaired) electrons. The molecule has 0 spiro atoms. The van der Waals surface area contributed by atoms with Crippen molar-refractivity contribution in [1.82, 2.24) is 5.32 Å². The first-order valence-electron chi connectivity index (χ1n) is 4.78. The largest absolute Gasteiger partial charge is 0.384 e. The summed E-state index contributed by atoms with van der Waals surface area (Å²) < 4.78 is 0. The first kappa shape index (κ1) is 10.4. The number of imide groups is 1. The molecule has 1 aliphatic heterocycles. The topological polar surface area (TPSA) is 66.4 Å². The SMILES string of the molecule is O=C1Cc2cccc(C#CCO)c2C(=O)N1. The third-order valence-electron chi connectivity index (χ3n) is 2.28. The lowest BCUT2D eigenvalue weighted by molar-refractivity contribution is -0.119. The van der Waals surface area contributed by atoms with Gasteiger partial charge in [-0.15, -0.1) is 0 Å². The molecule has 0 saturated heterocycles. The van der Waals surface area contributed by atoms with Crippen LogP contribution in [0.3, 0.4) is 0 Å². The summed E-state index contributed by atoms with van der Waals surface area (Å²) in [4.78, 5) is 22.8. The van der Waals surface area contributed by atoms with E-state index >= 15 is 0 Å². The third-order valence-corrected chi connectivity index (χ3v) is 2.28. The van der Waals surface area contributed by atoms with E-state index in [1.807, 2.05) is 0 Å². The third kappa shape index (κ3) is 1.81. The van der Waals surface area contributed by atoms with Gasteiger partial charge in [0.25, 0.3) is 5.91 Å². The van der Waals surface area contributed by atoms with Crippen LogP contribution in [0.4, 0.5) is 0 Å². The number of nitrogens with one attached hydrogen (secondary N) is 1. The highest BCUT2D eigenvalue weighted by Crippen LogP contribution is 2.18. The van der Waals surface area contributed by atoms with Gasteiger partial charge < -0.3 is 5.11 Å². The molecule has 0 saturated carbocycles. The second-order valence-corrected chi connectivity index (χ2v) is 3.35. The van der Waals surface area contributed by atoms with E-state index in [2.05, 4.69) is 17.2 Å². The van der Waals surface area contributed by atoms with E-state index in [-0.39, 0.29) is 18.9 Å². The average molecular weight is 215 g/mol. The Kier molecular flexibility index (Phi) is 2.71. The summed E-state index contributed by atoms with van der Waals surface area (Å²) in [6, 6.07) is 5.17. The molecule has 0 atom stereocenters. The summed E-state index contributed by atoms with van der Waals surface area (Å²) in [6.07, 6.45) is 0.190. The van der Waals surface area contributed by atoms with Gasteiger partial charge in [-0.2, -0.15) is 0 Å². The summed E-state index contributed by atoms with van der Waals surface area (Å²) in [5.74, 6) is 4.46. The number of aliphatic hydroxyl groups excluding tert-OH is 1. The molecule has 1 aliphatic rings. The Morgan fingerprint density at radius 3 is 2.94 bits per heavy atom. The zero-order valence-electron chi connectivity index (χ0n) is 8.41. The van der Waals surface area contributed by atoms with E-state index in [1.165, 1.54) is 0 Å². The van der Waals surface area contributed by atoms with Crippen molar-refractivity contribution in [2.75, 3.05) is 6.61 Å². The van der Waals surface area contributed by atoms with E-state index < -0.39 is 5.91 Å². The Hall–Kier alpha value is -2.12. The van der Waals surface area contributed by atoms with Crippen molar-refractivity contribution >= 4 is 11.8 Å². The van der Waals surface area contributed by atoms with Gasteiger partial charge in [0.05, 0.1) is 12.0 Å². The molecule has 4 heteroatoms. The molecule has 80 valence electrons. The fraction of sp³-hybridized carbons (Fsp3) is 0.167. The van der Waals surface area contributed by atoms with Crippen molar-refractivity contribution in [3.8, 4) is 11.8 Å².